The lowest BCUT2D eigenvalue weighted by molar-refractivity contribution is 0.414. The topological polar surface area (TPSA) is 9.23 Å². The molecule has 0 amide bonds. The maximum absolute atomic E-state index is 5.16. The van der Waals surface area contributed by atoms with Crippen LogP contribution in [0.3, 0.4) is 0 Å². The Labute approximate surface area is 103 Å². The Morgan fingerprint density at radius 1 is 1.12 bits per heavy atom. The summed E-state index contributed by atoms with van der Waals surface area (Å²) >= 11 is 2.12. The van der Waals surface area contributed by atoms with Gasteiger partial charge in [0.25, 0.3) is 0 Å². The van der Waals surface area contributed by atoms with Gasteiger partial charge in [-0.05, 0) is 30.5 Å². The number of hydrogen-bond donors (Lipinski definition) is 0. The molecule has 1 fully saturated rings. The van der Waals surface area contributed by atoms with Crippen molar-refractivity contribution in [3.05, 3.63) is 29.8 Å². The van der Waals surface area contributed by atoms with E-state index in [-0.39, 0.29) is 0 Å². The largest absolute Gasteiger partial charge is 0.497 e. The van der Waals surface area contributed by atoms with Gasteiger partial charge in [-0.3, -0.25) is 0 Å². The molecule has 1 aliphatic carbocycles. The first-order chi connectivity index (χ1) is 7.88. The van der Waals surface area contributed by atoms with Gasteiger partial charge in [-0.2, -0.15) is 11.8 Å². The molecule has 16 heavy (non-hydrogen) atoms. The third-order valence-electron chi connectivity index (χ3n) is 3.20. The summed E-state index contributed by atoms with van der Waals surface area (Å²) in [5.74, 6) is 2.10. The minimum atomic E-state index is 0.899. The quantitative estimate of drug-likeness (QED) is 0.772. The maximum atomic E-state index is 5.16. The molecule has 0 aromatic heterocycles. The highest BCUT2D eigenvalue weighted by molar-refractivity contribution is 7.99. The third kappa shape index (κ3) is 3.44. The van der Waals surface area contributed by atoms with E-state index in [0.29, 0.717) is 0 Å². The van der Waals surface area contributed by atoms with Crippen LogP contribution in [-0.2, 0) is 5.75 Å². The van der Waals surface area contributed by atoms with Crippen LogP contribution in [0.2, 0.25) is 0 Å². The zero-order valence-electron chi connectivity index (χ0n) is 9.95. The average molecular weight is 236 g/mol. The Morgan fingerprint density at radius 2 is 1.81 bits per heavy atom. The Kier molecular flexibility index (Phi) is 4.58. The van der Waals surface area contributed by atoms with E-state index in [0.717, 1.165) is 16.8 Å². The number of thioether (sulfide) groups is 1. The molecule has 0 saturated heterocycles. The first kappa shape index (κ1) is 11.8. The van der Waals surface area contributed by atoms with Crippen molar-refractivity contribution in [3.8, 4) is 5.75 Å². The minimum absolute atomic E-state index is 0.899. The molecular formula is C14H20OS. The van der Waals surface area contributed by atoms with Crippen LogP contribution >= 0.6 is 11.8 Å². The highest BCUT2D eigenvalue weighted by Crippen LogP contribution is 2.30. The molecule has 0 spiro atoms. The Balaban J connectivity index is 1.79. The summed E-state index contributed by atoms with van der Waals surface area (Å²) in [6.07, 6.45) is 7.14. The standard InChI is InChI=1S/C14H20OS/c1-15-13-9-7-12(8-10-13)11-16-14-5-3-2-4-6-14/h7-10,14H,2-6,11H2,1H3. The molecule has 1 aliphatic rings. The van der Waals surface area contributed by atoms with Crippen molar-refractivity contribution in [2.45, 2.75) is 43.1 Å². The van der Waals surface area contributed by atoms with E-state index in [1.807, 2.05) is 0 Å². The van der Waals surface area contributed by atoms with Gasteiger partial charge in [-0.1, -0.05) is 31.4 Å². The lowest BCUT2D eigenvalue weighted by Crippen LogP contribution is -2.08. The van der Waals surface area contributed by atoms with Crippen LogP contribution < -0.4 is 4.74 Å². The van der Waals surface area contributed by atoms with Crippen LogP contribution in [-0.4, -0.2) is 12.4 Å². The molecule has 88 valence electrons. The molecule has 0 radical (unpaired) electrons. The smallest absolute Gasteiger partial charge is 0.118 e. The second-order valence-electron chi connectivity index (χ2n) is 4.42. The zero-order valence-corrected chi connectivity index (χ0v) is 10.8. The fourth-order valence-electron chi connectivity index (χ4n) is 2.17. The summed E-state index contributed by atoms with van der Waals surface area (Å²) in [7, 11) is 1.71. The van der Waals surface area contributed by atoms with Crippen molar-refractivity contribution in [2.75, 3.05) is 7.11 Å². The maximum Gasteiger partial charge on any atom is 0.118 e. The van der Waals surface area contributed by atoms with Crippen molar-refractivity contribution < 1.29 is 4.74 Å². The van der Waals surface area contributed by atoms with Gasteiger partial charge in [0, 0.05) is 11.0 Å². The molecule has 0 atom stereocenters. The molecule has 1 aromatic rings. The van der Waals surface area contributed by atoms with E-state index in [2.05, 4.69) is 36.0 Å². The van der Waals surface area contributed by atoms with E-state index < -0.39 is 0 Å². The zero-order chi connectivity index (χ0) is 11.2. The van der Waals surface area contributed by atoms with Crippen LogP contribution in [0, 0.1) is 0 Å². The molecule has 0 aliphatic heterocycles. The van der Waals surface area contributed by atoms with E-state index in [9.17, 15) is 0 Å². The first-order valence-electron chi connectivity index (χ1n) is 6.13. The highest BCUT2D eigenvalue weighted by Gasteiger charge is 2.13. The first-order valence-corrected chi connectivity index (χ1v) is 7.18. The van der Waals surface area contributed by atoms with Gasteiger partial charge in [0.2, 0.25) is 0 Å². The Hall–Kier alpha value is -0.630. The minimum Gasteiger partial charge on any atom is -0.497 e. The van der Waals surface area contributed by atoms with Gasteiger partial charge in [0.15, 0.2) is 0 Å². The Morgan fingerprint density at radius 3 is 2.44 bits per heavy atom. The molecule has 1 saturated carbocycles. The molecule has 2 rings (SSSR count). The molecular weight excluding hydrogens is 216 g/mol. The van der Waals surface area contributed by atoms with Crippen LogP contribution in [0.4, 0.5) is 0 Å². The van der Waals surface area contributed by atoms with E-state index in [1.165, 1.54) is 37.7 Å². The number of hydrogen-bond acceptors (Lipinski definition) is 2. The van der Waals surface area contributed by atoms with E-state index in [4.69, 9.17) is 4.74 Å². The molecule has 0 unspecified atom stereocenters. The summed E-state index contributed by atoms with van der Waals surface area (Å²) in [5.41, 5.74) is 1.41. The highest BCUT2D eigenvalue weighted by atomic mass is 32.2. The number of benzene rings is 1. The van der Waals surface area contributed by atoms with E-state index >= 15 is 0 Å². The van der Waals surface area contributed by atoms with Gasteiger partial charge in [0.05, 0.1) is 7.11 Å². The molecule has 0 bridgehead atoms. The molecule has 0 N–H and O–H groups in total. The molecule has 2 heteroatoms. The molecule has 1 nitrogen and oxygen atoms in total. The monoisotopic (exact) mass is 236 g/mol. The Bertz CT molecular complexity index is 301. The van der Waals surface area contributed by atoms with Crippen molar-refractivity contribution in [2.24, 2.45) is 0 Å². The van der Waals surface area contributed by atoms with Gasteiger partial charge >= 0.3 is 0 Å². The third-order valence-corrected chi connectivity index (χ3v) is 4.64. The van der Waals surface area contributed by atoms with Crippen LogP contribution in [0.1, 0.15) is 37.7 Å². The van der Waals surface area contributed by atoms with Gasteiger partial charge in [-0.25, -0.2) is 0 Å². The second-order valence-corrected chi connectivity index (χ2v) is 5.71. The number of ether oxygens (including phenoxy) is 1. The van der Waals surface area contributed by atoms with Crippen molar-refractivity contribution in [1.82, 2.24) is 0 Å². The van der Waals surface area contributed by atoms with Crippen LogP contribution in [0.25, 0.3) is 0 Å². The van der Waals surface area contributed by atoms with Crippen molar-refractivity contribution in [1.29, 1.82) is 0 Å². The van der Waals surface area contributed by atoms with Gasteiger partial charge in [-0.15, -0.1) is 0 Å². The predicted octanol–water partition coefficient (Wildman–Crippen LogP) is 4.26. The summed E-state index contributed by atoms with van der Waals surface area (Å²) in [6, 6.07) is 8.46. The van der Waals surface area contributed by atoms with E-state index in [1.54, 1.807) is 7.11 Å². The van der Waals surface area contributed by atoms with Crippen molar-refractivity contribution >= 4 is 11.8 Å². The average Bonchev–Trinajstić information content (AvgIpc) is 2.38. The van der Waals surface area contributed by atoms with Gasteiger partial charge < -0.3 is 4.74 Å². The fraction of sp³-hybridized carbons (Fsp3) is 0.571. The SMILES string of the molecule is COc1ccc(CSC2CCCCC2)cc1. The lowest BCUT2D eigenvalue weighted by atomic mass is 10.0. The number of methoxy groups -OCH3 is 1. The van der Waals surface area contributed by atoms with Crippen LogP contribution in [0.15, 0.2) is 24.3 Å². The fourth-order valence-corrected chi connectivity index (χ4v) is 3.45. The molecule has 1 aromatic carbocycles. The van der Waals surface area contributed by atoms with Gasteiger partial charge in [0.1, 0.15) is 5.75 Å². The lowest BCUT2D eigenvalue weighted by Gasteiger charge is -2.20. The number of rotatable bonds is 4. The molecule has 0 heterocycles. The van der Waals surface area contributed by atoms with Crippen molar-refractivity contribution in [3.63, 3.8) is 0 Å². The summed E-state index contributed by atoms with van der Waals surface area (Å²) < 4.78 is 5.16. The summed E-state index contributed by atoms with van der Waals surface area (Å²) in [6.45, 7) is 0. The normalized spacial score (nSPS) is 17.3. The van der Waals surface area contributed by atoms with Crippen LogP contribution in [0.5, 0.6) is 5.75 Å². The second kappa shape index (κ2) is 6.19. The summed E-state index contributed by atoms with van der Waals surface area (Å²) in [5, 5.41) is 0.899. The summed E-state index contributed by atoms with van der Waals surface area (Å²) in [4.78, 5) is 0. The predicted molar refractivity (Wildman–Crippen MR) is 71.2 cm³/mol.